The van der Waals surface area contributed by atoms with Crippen molar-refractivity contribution >= 4 is 11.8 Å². The second-order valence-corrected chi connectivity index (χ2v) is 3.69. The van der Waals surface area contributed by atoms with E-state index in [2.05, 4.69) is 20.2 Å². The van der Waals surface area contributed by atoms with Crippen molar-refractivity contribution in [1.29, 1.82) is 0 Å². The lowest BCUT2D eigenvalue weighted by atomic mass is 10.2. The molecule has 2 rings (SSSR count). The molecule has 0 aliphatic heterocycles. The lowest BCUT2D eigenvalue weighted by Crippen LogP contribution is -1.93. The first-order chi connectivity index (χ1) is 7.83. The van der Waals surface area contributed by atoms with Crippen LogP contribution in [0, 0.1) is 0 Å². The highest BCUT2D eigenvalue weighted by Gasteiger charge is 2.02. The molecule has 0 radical (unpaired) electrons. The average molecular weight is 234 g/mol. The summed E-state index contributed by atoms with van der Waals surface area (Å²) in [5.74, 6) is 0.491. The molecule has 2 aromatic heterocycles. The summed E-state index contributed by atoms with van der Waals surface area (Å²) in [4.78, 5) is 8.34. The van der Waals surface area contributed by atoms with Gasteiger partial charge in [-0.3, -0.25) is 0 Å². The van der Waals surface area contributed by atoms with Crippen molar-refractivity contribution in [2.24, 2.45) is 0 Å². The van der Waals surface area contributed by atoms with Gasteiger partial charge in [-0.2, -0.15) is 0 Å². The van der Waals surface area contributed by atoms with Gasteiger partial charge in [0.05, 0.1) is 12.8 Å². The Bertz CT molecular complexity index is 412. The van der Waals surface area contributed by atoms with E-state index in [1.807, 2.05) is 12.3 Å². The van der Waals surface area contributed by atoms with Crippen molar-refractivity contribution < 1.29 is 4.74 Å². The molecule has 0 unspecified atom stereocenters. The van der Waals surface area contributed by atoms with Gasteiger partial charge in [0.2, 0.25) is 5.88 Å². The van der Waals surface area contributed by atoms with E-state index in [1.54, 1.807) is 25.6 Å². The van der Waals surface area contributed by atoms with Crippen LogP contribution in [0.15, 0.2) is 29.7 Å². The molecule has 2 heterocycles. The van der Waals surface area contributed by atoms with E-state index >= 15 is 0 Å². The van der Waals surface area contributed by atoms with Gasteiger partial charge in [-0.05, 0) is 12.3 Å². The lowest BCUT2D eigenvalue weighted by molar-refractivity contribution is 0.392. The van der Waals surface area contributed by atoms with Crippen molar-refractivity contribution in [2.75, 3.05) is 13.4 Å². The Labute approximate surface area is 97.3 Å². The fourth-order valence-corrected chi connectivity index (χ4v) is 1.45. The van der Waals surface area contributed by atoms with Crippen LogP contribution in [-0.2, 0) is 0 Å². The van der Waals surface area contributed by atoms with E-state index < -0.39 is 0 Å². The second-order valence-electron chi connectivity index (χ2n) is 2.92. The molecule has 0 aliphatic rings. The zero-order valence-corrected chi connectivity index (χ0v) is 9.73. The summed E-state index contributed by atoms with van der Waals surface area (Å²) in [6, 6.07) is 3.58. The molecule has 0 saturated heterocycles. The molecule has 0 atom stereocenters. The predicted octanol–water partition coefficient (Wildman–Crippen LogP) is 1.66. The Morgan fingerprint density at radius 3 is 2.38 bits per heavy atom. The molecular formula is C10H10N4OS. The van der Waals surface area contributed by atoms with Gasteiger partial charge in [-0.25, -0.2) is 9.97 Å². The predicted molar refractivity (Wildman–Crippen MR) is 61.4 cm³/mol. The third-order valence-corrected chi connectivity index (χ3v) is 2.53. The minimum atomic E-state index is 0.491. The summed E-state index contributed by atoms with van der Waals surface area (Å²) in [5, 5.41) is 8.64. The number of nitrogens with zero attached hydrogens (tertiary/aromatic N) is 4. The summed E-state index contributed by atoms with van der Waals surface area (Å²) in [6.45, 7) is 0. The van der Waals surface area contributed by atoms with E-state index in [1.165, 1.54) is 11.8 Å². The minimum absolute atomic E-state index is 0.491. The van der Waals surface area contributed by atoms with Crippen molar-refractivity contribution in [2.45, 2.75) is 5.16 Å². The van der Waals surface area contributed by atoms with E-state index in [4.69, 9.17) is 4.74 Å². The summed E-state index contributed by atoms with van der Waals surface area (Å²) < 4.78 is 4.93. The Kier molecular flexibility index (Phi) is 3.31. The highest BCUT2D eigenvalue weighted by molar-refractivity contribution is 7.98. The van der Waals surface area contributed by atoms with Gasteiger partial charge in [0.25, 0.3) is 0 Å². The van der Waals surface area contributed by atoms with E-state index in [-0.39, 0.29) is 0 Å². The Morgan fingerprint density at radius 1 is 1.12 bits per heavy atom. The maximum Gasteiger partial charge on any atom is 0.233 e. The van der Waals surface area contributed by atoms with Crippen LogP contribution in [0.4, 0.5) is 0 Å². The maximum absolute atomic E-state index is 4.93. The fraction of sp³-hybridized carbons (Fsp3) is 0.200. The summed E-state index contributed by atoms with van der Waals surface area (Å²) in [6.07, 6.45) is 5.40. The third kappa shape index (κ3) is 2.27. The second kappa shape index (κ2) is 4.89. The number of rotatable bonds is 3. The van der Waals surface area contributed by atoms with E-state index in [9.17, 15) is 0 Å². The number of ether oxygens (including phenoxy) is 1. The van der Waals surface area contributed by atoms with Gasteiger partial charge in [0.15, 0.2) is 5.16 Å². The number of thioether (sulfide) groups is 1. The molecule has 0 saturated carbocycles. The first kappa shape index (κ1) is 10.8. The van der Waals surface area contributed by atoms with Crippen LogP contribution in [0.25, 0.3) is 11.3 Å². The molecule has 0 bridgehead atoms. The SMILES string of the molecule is COc1ccc(-c2cnc(SC)nc2)nn1. The Hall–Kier alpha value is -1.69. The summed E-state index contributed by atoms with van der Waals surface area (Å²) in [7, 11) is 1.56. The van der Waals surface area contributed by atoms with Crippen molar-refractivity contribution in [3.8, 4) is 17.1 Å². The molecule has 82 valence electrons. The van der Waals surface area contributed by atoms with Gasteiger partial charge in [-0.15, -0.1) is 10.2 Å². The van der Waals surface area contributed by atoms with Crippen LogP contribution < -0.4 is 4.74 Å². The number of methoxy groups -OCH3 is 1. The average Bonchev–Trinajstić information content (AvgIpc) is 2.39. The van der Waals surface area contributed by atoms with Crippen LogP contribution in [0.5, 0.6) is 5.88 Å². The molecule has 0 N–H and O–H groups in total. The molecule has 0 amide bonds. The normalized spacial score (nSPS) is 10.1. The quantitative estimate of drug-likeness (QED) is 0.594. The zero-order valence-electron chi connectivity index (χ0n) is 8.91. The van der Waals surface area contributed by atoms with Crippen LogP contribution in [0.3, 0.4) is 0 Å². The Morgan fingerprint density at radius 2 is 1.88 bits per heavy atom. The van der Waals surface area contributed by atoms with Crippen LogP contribution in [0.2, 0.25) is 0 Å². The standard InChI is InChI=1S/C10H10N4OS/c1-15-9-4-3-8(13-14-9)7-5-11-10(16-2)12-6-7/h3-6H,1-2H3. The molecule has 0 aliphatic carbocycles. The molecule has 16 heavy (non-hydrogen) atoms. The summed E-state index contributed by atoms with van der Waals surface area (Å²) in [5.41, 5.74) is 1.57. The van der Waals surface area contributed by atoms with Gasteiger partial charge < -0.3 is 4.74 Å². The van der Waals surface area contributed by atoms with Gasteiger partial charge in [0.1, 0.15) is 0 Å². The molecule has 5 nitrogen and oxygen atoms in total. The van der Waals surface area contributed by atoms with Crippen molar-refractivity contribution in [3.63, 3.8) is 0 Å². The zero-order chi connectivity index (χ0) is 11.4. The third-order valence-electron chi connectivity index (χ3n) is 1.96. The van der Waals surface area contributed by atoms with E-state index in [0.717, 1.165) is 16.4 Å². The Balaban J connectivity index is 2.28. The van der Waals surface area contributed by atoms with Crippen LogP contribution in [0.1, 0.15) is 0 Å². The molecule has 6 heteroatoms. The lowest BCUT2D eigenvalue weighted by Gasteiger charge is -2.01. The van der Waals surface area contributed by atoms with Gasteiger partial charge in [-0.1, -0.05) is 11.8 Å². The first-order valence-corrected chi connectivity index (χ1v) is 5.80. The van der Waals surface area contributed by atoms with E-state index in [0.29, 0.717) is 5.88 Å². The van der Waals surface area contributed by atoms with Crippen molar-refractivity contribution in [1.82, 2.24) is 20.2 Å². The minimum Gasteiger partial charge on any atom is -0.480 e. The van der Waals surface area contributed by atoms with Crippen molar-refractivity contribution in [3.05, 3.63) is 24.5 Å². The number of hydrogen-bond acceptors (Lipinski definition) is 6. The number of hydrogen-bond donors (Lipinski definition) is 0. The van der Waals surface area contributed by atoms with Crippen LogP contribution >= 0.6 is 11.8 Å². The largest absolute Gasteiger partial charge is 0.480 e. The monoisotopic (exact) mass is 234 g/mol. The number of aromatic nitrogens is 4. The molecule has 0 fully saturated rings. The molecular weight excluding hydrogens is 224 g/mol. The molecule has 0 spiro atoms. The van der Waals surface area contributed by atoms with Gasteiger partial charge >= 0.3 is 0 Å². The van der Waals surface area contributed by atoms with Crippen LogP contribution in [-0.4, -0.2) is 33.5 Å². The first-order valence-electron chi connectivity index (χ1n) is 4.57. The molecule has 0 aromatic carbocycles. The maximum atomic E-state index is 4.93. The highest BCUT2D eigenvalue weighted by Crippen LogP contribution is 2.17. The highest BCUT2D eigenvalue weighted by atomic mass is 32.2. The summed E-state index contributed by atoms with van der Waals surface area (Å²) >= 11 is 1.50. The topological polar surface area (TPSA) is 60.8 Å². The molecule has 2 aromatic rings. The fourth-order valence-electron chi connectivity index (χ4n) is 1.14. The smallest absolute Gasteiger partial charge is 0.233 e. The van der Waals surface area contributed by atoms with Gasteiger partial charge in [0, 0.05) is 24.0 Å².